The summed E-state index contributed by atoms with van der Waals surface area (Å²) in [5, 5.41) is 10.6. The SMILES string of the molecule is CCn1c(C2CCCN2C(=O)CC2(O)CCCC2)nc2ccccc21. The monoisotopic (exact) mass is 341 g/mol. The van der Waals surface area contributed by atoms with Gasteiger partial charge in [-0.3, -0.25) is 4.79 Å². The summed E-state index contributed by atoms with van der Waals surface area (Å²) < 4.78 is 2.23. The van der Waals surface area contributed by atoms with E-state index in [4.69, 9.17) is 4.98 Å². The number of para-hydroxylation sites is 2. The molecule has 1 aromatic carbocycles. The number of imidazole rings is 1. The Kier molecular flexibility index (Phi) is 4.28. The Morgan fingerprint density at radius 1 is 1.28 bits per heavy atom. The lowest BCUT2D eigenvalue weighted by molar-refractivity contribution is -0.137. The first-order valence-corrected chi connectivity index (χ1v) is 9.58. The molecule has 1 aliphatic heterocycles. The molecular formula is C20H27N3O2. The fourth-order valence-corrected chi connectivity index (χ4v) is 4.61. The lowest BCUT2D eigenvalue weighted by atomic mass is 9.97. The van der Waals surface area contributed by atoms with Crippen LogP contribution < -0.4 is 0 Å². The molecule has 1 amide bonds. The Hall–Kier alpha value is -1.88. The summed E-state index contributed by atoms with van der Waals surface area (Å²) in [6.07, 6.45) is 5.78. The van der Waals surface area contributed by atoms with Crippen molar-refractivity contribution in [3.8, 4) is 0 Å². The van der Waals surface area contributed by atoms with E-state index in [1.54, 1.807) is 0 Å². The third kappa shape index (κ3) is 2.95. The van der Waals surface area contributed by atoms with Gasteiger partial charge >= 0.3 is 0 Å². The molecule has 2 aromatic rings. The zero-order chi connectivity index (χ0) is 17.4. The van der Waals surface area contributed by atoms with Crippen molar-refractivity contribution in [2.24, 2.45) is 0 Å². The number of aryl methyl sites for hydroxylation is 1. The van der Waals surface area contributed by atoms with Gasteiger partial charge in [0.1, 0.15) is 5.82 Å². The minimum absolute atomic E-state index is 0.0323. The minimum atomic E-state index is -0.783. The number of rotatable bonds is 4. The first-order chi connectivity index (χ1) is 12.1. The van der Waals surface area contributed by atoms with Gasteiger partial charge in [0.25, 0.3) is 0 Å². The van der Waals surface area contributed by atoms with Crippen LogP contribution in [0.3, 0.4) is 0 Å². The van der Waals surface area contributed by atoms with Crippen molar-refractivity contribution in [2.75, 3.05) is 6.54 Å². The van der Waals surface area contributed by atoms with Crippen LogP contribution in [-0.2, 0) is 11.3 Å². The zero-order valence-corrected chi connectivity index (χ0v) is 14.9. The molecule has 25 heavy (non-hydrogen) atoms. The third-order valence-electron chi connectivity index (χ3n) is 5.89. The molecule has 2 aliphatic rings. The standard InChI is InChI=1S/C20H27N3O2/c1-2-22-16-9-4-3-8-15(16)21-19(22)17-10-7-13-23(17)18(24)14-20(25)11-5-6-12-20/h3-4,8-9,17,25H,2,5-7,10-14H2,1H3. The average molecular weight is 341 g/mol. The number of hydrogen-bond acceptors (Lipinski definition) is 3. The number of likely N-dealkylation sites (tertiary alicyclic amines) is 1. The maximum absolute atomic E-state index is 12.9. The molecule has 1 aliphatic carbocycles. The van der Waals surface area contributed by atoms with Crippen molar-refractivity contribution >= 4 is 16.9 Å². The predicted octanol–water partition coefficient (Wildman–Crippen LogP) is 3.41. The molecule has 0 radical (unpaired) electrons. The van der Waals surface area contributed by atoms with Crippen LogP contribution in [0.15, 0.2) is 24.3 Å². The van der Waals surface area contributed by atoms with Crippen LogP contribution in [0.25, 0.3) is 11.0 Å². The van der Waals surface area contributed by atoms with Gasteiger partial charge in [0.05, 0.1) is 29.1 Å². The van der Waals surface area contributed by atoms with Crippen LogP contribution in [0.5, 0.6) is 0 Å². The largest absolute Gasteiger partial charge is 0.389 e. The van der Waals surface area contributed by atoms with Crippen LogP contribution in [0, 0.1) is 0 Å². The van der Waals surface area contributed by atoms with Crippen LogP contribution in [0.1, 0.15) is 63.7 Å². The van der Waals surface area contributed by atoms with Crippen molar-refractivity contribution < 1.29 is 9.90 Å². The van der Waals surface area contributed by atoms with Crippen LogP contribution in [0.2, 0.25) is 0 Å². The van der Waals surface area contributed by atoms with Gasteiger partial charge in [0.15, 0.2) is 0 Å². The fraction of sp³-hybridized carbons (Fsp3) is 0.600. The Morgan fingerprint density at radius 3 is 2.80 bits per heavy atom. The number of aromatic nitrogens is 2. The first-order valence-electron chi connectivity index (χ1n) is 9.58. The van der Waals surface area contributed by atoms with E-state index in [0.29, 0.717) is 0 Å². The van der Waals surface area contributed by atoms with Gasteiger partial charge in [-0.25, -0.2) is 4.98 Å². The number of carbonyl (C=O) groups is 1. The number of aliphatic hydroxyl groups is 1. The molecule has 0 spiro atoms. The van der Waals surface area contributed by atoms with Crippen LogP contribution in [-0.4, -0.2) is 37.6 Å². The number of nitrogens with zero attached hydrogens (tertiary/aromatic N) is 3. The van der Waals surface area contributed by atoms with Gasteiger partial charge in [0, 0.05) is 13.1 Å². The van der Waals surface area contributed by atoms with Gasteiger partial charge in [0.2, 0.25) is 5.91 Å². The van der Waals surface area contributed by atoms with E-state index in [-0.39, 0.29) is 18.4 Å². The second-order valence-electron chi connectivity index (χ2n) is 7.56. The van der Waals surface area contributed by atoms with E-state index < -0.39 is 5.60 Å². The Balaban J connectivity index is 1.62. The predicted molar refractivity (Wildman–Crippen MR) is 97.1 cm³/mol. The number of amides is 1. The van der Waals surface area contributed by atoms with Crippen molar-refractivity contribution in [3.05, 3.63) is 30.1 Å². The van der Waals surface area contributed by atoms with E-state index in [0.717, 1.165) is 68.5 Å². The molecule has 134 valence electrons. The Bertz CT molecular complexity index is 776. The molecule has 5 nitrogen and oxygen atoms in total. The average Bonchev–Trinajstić information content (AvgIpc) is 3.31. The molecule has 1 unspecified atom stereocenters. The quantitative estimate of drug-likeness (QED) is 0.927. The molecule has 1 saturated carbocycles. The van der Waals surface area contributed by atoms with Gasteiger partial charge in [-0.2, -0.15) is 0 Å². The molecule has 2 fully saturated rings. The molecule has 5 heteroatoms. The highest BCUT2D eigenvalue weighted by molar-refractivity contribution is 5.79. The van der Waals surface area contributed by atoms with E-state index in [1.165, 1.54) is 0 Å². The number of carbonyl (C=O) groups excluding carboxylic acids is 1. The summed E-state index contributed by atoms with van der Waals surface area (Å²) in [6, 6.07) is 8.20. The topological polar surface area (TPSA) is 58.4 Å². The molecule has 0 bridgehead atoms. The van der Waals surface area contributed by atoms with Crippen LogP contribution >= 0.6 is 0 Å². The summed E-state index contributed by atoms with van der Waals surface area (Å²) in [5.74, 6) is 1.08. The summed E-state index contributed by atoms with van der Waals surface area (Å²) in [5.41, 5.74) is 1.34. The first kappa shape index (κ1) is 16.6. The molecule has 4 rings (SSSR count). The molecule has 1 saturated heterocycles. The van der Waals surface area contributed by atoms with E-state index >= 15 is 0 Å². The molecule has 1 N–H and O–H groups in total. The van der Waals surface area contributed by atoms with Gasteiger partial charge in [-0.05, 0) is 44.7 Å². The second-order valence-corrected chi connectivity index (χ2v) is 7.56. The van der Waals surface area contributed by atoms with Gasteiger partial charge in [-0.1, -0.05) is 25.0 Å². The maximum atomic E-state index is 12.9. The van der Waals surface area contributed by atoms with Gasteiger partial charge < -0.3 is 14.6 Å². The fourth-order valence-electron chi connectivity index (χ4n) is 4.61. The maximum Gasteiger partial charge on any atom is 0.226 e. The zero-order valence-electron chi connectivity index (χ0n) is 14.9. The van der Waals surface area contributed by atoms with E-state index in [2.05, 4.69) is 17.6 Å². The lowest BCUT2D eigenvalue weighted by Gasteiger charge is -2.29. The Labute approximate surface area is 148 Å². The highest BCUT2D eigenvalue weighted by atomic mass is 16.3. The highest BCUT2D eigenvalue weighted by Gasteiger charge is 2.39. The van der Waals surface area contributed by atoms with Gasteiger partial charge in [-0.15, -0.1) is 0 Å². The second kappa shape index (κ2) is 6.45. The molecule has 1 aromatic heterocycles. The van der Waals surface area contributed by atoms with Crippen molar-refractivity contribution in [2.45, 2.75) is 70.1 Å². The highest BCUT2D eigenvalue weighted by Crippen LogP contribution is 2.37. The smallest absolute Gasteiger partial charge is 0.226 e. The number of benzene rings is 1. The number of hydrogen-bond donors (Lipinski definition) is 1. The third-order valence-corrected chi connectivity index (χ3v) is 5.89. The minimum Gasteiger partial charge on any atom is -0.389 e. The van der Waals surface area contributed by atoms with Crippen molar-refractivity contribution in [1.82, 2.24) is 14.5 Å². The van der Waals surface area contributed by atoms with E-state index in [1.807, 2.05) is 23.1 Å². The summed E-state index contributed by atoms with van der Waals surface area (Å²) in [7, 11) is 0. The molecule has 1 atom stereocenters. The lowest BCUT2D eigenvalue weighted by Crippen LogP contribution is -2.38. The summed E-state index contributed by atoms with van der Waals surface area (Å²) >= 11 is 0. The Morgan fingerprint density at radius 2 is 2.04 bits per heavy atom. The normalized spacial score (nSPS) is 22.8. The molecular weight excluding hydrogens is 314 g/mol. The number of fused-ring (bicyclic) bond motifs is 1. The van der Waals surface area contributed by atoms with E-state index in [9.17, 15) is 9.90 Å². The molecule has 2 heterocycles. The summed E-state index contributed by atoms with van der Waals surface area (Å²) in [4.78, 5) is 19.7. The summed E-state index contributed by atoms with van der Waals surface area (Å²) in [6.45, 7) is 3.74. The van der Waals surface area contributed by atoms with Crippen LogP contribution in [0.4, 0.5) is 0 Å². The van der Waals surface area contributed by atoms with Crippen molar-refractivity contribution in [1.29, 1.82) is 0 Å². The van der Waals surface area contributed by atoms with Crippen molar-refractivity contribution in [3.63, 3.8) is 0 Å².